The van der Waals surface area contributed by atoms with Gasteiger partial charge in [-0.25, -0.2) is 14.8 Å². The molecule has 1 amide bonds. The molecule has 1 aliphatic carbocycles. The summed E-state index contributed by atoms with van der Waals surface area (Å²) in [7, 11) is 0. The van der Waals surface area contributed by atoms with E-state index in [1.165, 1.54) is 0 Å². The molecule has 1 saturated carbocycles. The number of carbonyl (C=O) groups excluding carboxylic acids is 1. The van der Waals surface area contributed by atoms with Crippen molar-refractivity contribution in [3.05, 3.63) is 24.3 Å². The molecule has 0 unspecified atom stereocenters. The van der Waals surface area contributed by atoms with Gasteiger partial charge >= 0.3 is 12.3 Å². The predicted molar refractivity (Wildman–Crippen MR) is 118 cm³/mol. The fourth-order valence-electron chi connectivity index (χ4n) is 4.54. The molecule has 1 fully saturated rings. The van der Waals surface area contributed by atoms with Gasteiger partial charge in [0.25, 0.3) is 0 Å². The zero-order valence-electron chi connectivity index (χ0n) is 18.7. The molecule has 3 aromatic heterocycles. The molecule has 3 aromatic rings. The first kappa shape index (κ1) is 23.3. The molecule has 180 valence electrons. The van der Waals surface area contributed by atoms with Crippen LogP contribution < -0.4 is 10.6 Å². The number of alkyl carbamates (subject to hydrolysis) is 1. The number of carbonyl (C=O) groups is 1. The number of ether oxygens (including phenoxy) is 1. The van der Waals surface area contributed by atoms with E-state index < -0.39 is 18.8 Å². The van der Waals surface area contributed by atoms with E-state index in [4.69, 9.17) is 9.72 Å². The van der Waals surface area contributed by atoms with E-state index in [2.05, 4.69) is 25.2 Å². The van der Waals surface area contributed by atoms with Crippen molar-refractivity contribution in [1.82, 2.24) is 30.2 Å². The highest BCUT2D eigenvalue weighted by molar-refractivity contribution is 6.01. The van der Waals surface area contributed by atoms with E-state index in [-0.39, 0.29) is 18.2 Å². The lowest BCUT2D eigenvalue weighted by Crippen LogP contribution is -2.39. The first-order chi connectivity index (χ1) is 15.7. The lowest BCUT2D eigenvalue weighted by atomic mass is 9.90. The molecule has 1 aliphatic rings. The molecule has 0 atom stereocenters. The minimum Gasteiger partial charge on any atom is -0.447 e. The SMILES string of the molecule is CC(C)OC(=O)NCCc1nc2cnc3[nH]ccc3c2n1C1CCC(NCC(F)(F)F)CC1. The van der Waals surface area contributed by atoms with Gasteiger partial charge in [0.1, 0.15) is 17.0 Å². The fraction of sp³-hybridized carbons (Fsp3) is 0.591. The Morgan fingerprint density at radius 1 is 1.30 bits per heavy atom. The van der Waals surface area contributed by atoms with Gasteiger partial charge in [-0.2, -0.15) is 13.2 Å². The summed E-state index contributed by atoms with van der Waals surface area (Å²) in [5, 5.41) is 6.35. The fourth-order valence-corrected chi connectivity index (χ4v) is 4.54. The van der Waals surface area contributed by atoms with Gasteiger partial charge in [-0.3, -0.25) is 0 Å². The Kier molecular flexibility index (Phi) is 6.78. The van der Waals surface area contributed by atoms with Crippen molar-refractivity contribution in [3.8, 4) is 0 Å². The monoisotopic (exact) mass is 466 g/mol. The van der Waals surface area contributed by atoms with Crippen LogP contribution in [-0.4, -0.2) is 57.0 Å². The van der Waals surface area contributed by atoms with E-state index in [0.29, 0.717) is 25.8 Å². The summed E-state index contributed by atoms with van der Waals surface area (Å²) in [6, 6.07) is 1.92. The maximum absolute atomic E-state index is 12.6. The van der Waals surface area contributed by atoms with Gasteiger partial charge < -0.3 is 24.9 Å². The molecule has 0 bridgehead atoms. The van der Waals surface area contributed by atoms with Crippen LogP contribution in [0.15, 0.2) is 18.5 Å². The zero-order valence-corrected chi connectivity index (χ0v) is 18.7. The van der Waals surface area contributed by atoms with Gasteiger partial charge in [0, 0.05) is 36.6 Å². The average molecular weight is 467 g/mol. The minimum absolute atomic E-state index is 0.108. The second-order valence-electron chi connectivity index (χ2n) is 8.76. The number of H-pyrrole nitrogens is 1. The van der Waals surface area contributed by atoms with Crippen molar-refractivity contribution >= 4 is 28.2 Å². The van der Waals surface area contributed by atoms with E-state index in [1.54, 1.807) is 20.0 Å². The first-order valence-electron chi connectivity index (χ1n) is 11.3. The number of imidazole rings is 1. The number of aromatic nitrogens is 4. The Balaban J connectivity index is 1.54. The van der Waals surface area contributed by atoms with E-state index in [9.17, 15) is 18.0 Å². The predicted octanol–water partition coefficient (Wildman–Crippen LogP) is 4.23. The Morgan fingerprint density at radius 2 is 2.06 bits per heavy atom. The van der Waals surface area contributed by atoms with Crippen molar-refractivity contribution in [2.45, 2.75) is 70.3 Å². The Bertz CT molecular complexity index is 1100. The molecule has 0 radical (unpaired) electrons. The number of aromatic amines is 1. The van der Waals surface area contributed by atoms with Gasteiger partial charge in [0.2, 0.25) is 0 Å². The number of amides is 1. The van der Waals surface area contributed by atoms with E-state index in [1.807, 2.05) is 12.3 Å². The zero-order chi connectivity index (χ0) is 23.6. The van der Waals surface area contributed by atoms with Crippen LogP contribution in [0.3, 0.4) is 0 Å². The number of pyridine rings is 1. The van der Waals surface area contributed by atoms with E-state index in [0.717, 1.165) is 40.7 Å². The number of nitrogens with one attached hydrogen (secondary N) is 3. The van der Waals surface area contributed by atoms with Gasteiger partial charge in [-0.05, 0) is 45.6 Å². The highest BCUT2D eigenvalue weighted by Crippen LogP contribution is 2.35. The summed E-state index contributed by atoms with van der Waals surface area (Å²) in [6.07, 6.45) is 1.96. The number of hydrogen-bond donors (Lipinski definition) is 3. The largest absolute Gasteiger partial charge is 0.447 e. The van der Waals surface area contributed by atoms with Crippen LogP contribution in [0.4, 0.5) is 18.0 Å². The van der Waals surface area contributed by atoms with Crippen LogP contribution in [0, 0.1) is 0 Å². The minimum atomic E-state index is -4.21. The third kappa shape index (κ3) is 5.58. The number of fused-ring (bicyclic) bond motifs is 3. The van der Waals surface area contributed by atoms with Crippen LogP contribution in [0.2, 0.25) is 0 Å². The number of hydrogen-bond acceptors (Lipinski definition) is 5. The van der Waals surface area contributed by atoms with Crippen LogP contribution in [0.25, 0.3) is 22.1 Å². The second kappa shape index (κ2) is 9.58. The van der Waals surface area contributed by atoms with Crippen molar-refractivity contribution in [1.29, 1.82) is 0 Å². The lowest BCUT2D eigenvalue weighted by Gasteiger charge is -2.31. The number of alkyl halides is 3. The number of nitrogens with zero attached hydrogens (tertiary/aromatic N) is 3. The smallest absolute Gasteiger partial charge is 0.407 e. The van der Waals surface area contributed by atoms with E-state index >= 15 is 0 Å². The highest BCUT2D eigenvalue weighted by Gasteiger charge is 2.31. The highest BCUT2D eigenvalue weighted by atomic mass is 19.4. The van der Waals surface area contributed by atoms with Crippen LogP contribution in [-0.2, 0) is 11.2 Å². The molecule has 3 N–H and O–H groups in total. The lowest BCUT2D eigenvalue weighted by molar-refractivity contribution is -0.126. The van der Waals surface area contributed by atoms with Crippen molar-refractivity contribution in [2.75, 3.05) is 13.1 Å². The number of rotatable bonds is 7. The van der Waals surface area contributed by atoms with Crippen LogP contribution in [0.1, 0.15) is 51.4 Å². The second-order valence-corrected chi connectivity index (χ2v) is 8.76. The molecular weight excluding hydrogens is 437 g/mol. The molecule has 8 nitrogen and oxygen atoms in total. The molecule has 3 heterocycles. The van der Waals surface area contributed by atoms with Crippen molar-refractivity contribution < 1.29 is 22.7 Å². The normalized spacial score (nSPS) is 19.5. The molecule has 0 aromatic carbocycles. The maximum atomic E-state index is 12.6. The van der Waals surface area contributed by atoms with Crippen LogP contribution >= 0.6 is 0 Å². The topological polar surface area (TPSA) is 96.9 Å². The molecule has 4 rings (SSSR count). The summed E-state index contributed by atoms with van der Waals surface area (Å²) in [5.74, 6) is 0.817. The summed E-state index contributed by atoms with van der Waals surface area (Å²) in [6.45, 7) is 2.97. The maximum Gasteiger partial charge on any atom is 0.407 e. The molecule has 0 aliphatic heterocycles. The molecule has 0 saturated heterocycles. The Labute approximate surface area is 189 Å². The molecule has 0 spiro atoms. The quantitative estimate of drug-likeness (QED) is 0.484. The summed E-state index contributed by atoms with van der Waals surface area (Å²) in [5.41, 5.74) is 2.49. The third-order valence-electron chi connectivity index (χ3n) is 5.92. The van der Waals surface area contributed by atoms with Crippen LogP contribution in [0.5, 0.6) is 0 Å². The van der Waals surface area contributed by atoms with Gasteiger partial charge in [0.05, 0.1) is 24.4 Å². The summed E-state index contributed by atoms with van der Waals surface area (Å²) in [4.78, 5) is 24.2. The summed E-state index contributed by atoms with van der Waals surface area (Å²) >= 11 is 0. The standard InChI is InChI=1S/C22H29F3N6O2/c1-13(2)33-21(32)27-10-8-18-30-17-11-28-20-16(7-9-26-20)19(17)31(18)15-5-3-14(4-6-15)29-12-22(23,24)25/h7,9,11,13-15,29H,3-6,8,10,12H2,1-2H3,(H,26,28)(H,27,32). The number of halogens is 3. The Hall–Kier alpha value is -2.82. The van der Waals surface area contributed by atoms with Gasteiger partial charge in [-0.15, -0.1) is 0 Å². The average Bonchev–Trinajstić information content (AvgIpc) is 3.35. The first-order valence-corrected chi connectivity index (χ1v) is 11.3. The van der Waals surface area contributed by atoms with Gasteiger partial charge in [0.15, 0.2) is 0 Å². The van der Waals surface area contributed by atoms with Crippen molar-refractivity contribution in [3.63, 3.8) is 0 Å². The Morgan fingerprint density at radius 3 is 2.76 bits per heavy atom. The van der Waals surface area contributed by atoms with Gasteiger partial charge in [-0.1, -0.05) is 0 Å². The molecular formula is C22H29F3N6O2. The molecule has 33 heavy (non-hydrogen) atoms. The molecule has 11 heteroatoms. The van der Waals surface area contributed by atoms with Crippen molar-refractivity contribution in [2.24, 2.45) is 0 Å². The summed E-state index contributed by atoms with van der Waals surface area (Å²) < 4.78 is 45.1. The third-order valence-corrected chi connectivity index (χ3v) is 5.92.